The predicted octanol–water partition coefficient (Wildman–Crippen LogP) is 3.73. The first-order valence-corrected chi connectivity index (χ1v) is 9.59. The number of aromatic nitrogens is 2. The molecular formula is C22H22FN3O2. The number of pyridine rings is 1. The molecule has 0 atom stereocenters. The summed E-state index contributed by atoms with van der Waals surface area (Å²) in [4.78, 5) is 6.48. The van der Waals surface area contributed by atoms with E-state index in [0.717, 1.165) is 60.3 Å². The van der Waals surface area contributed by atoms with Crippen LogP contribution in [0.2, 0.25) is 0 Å². The molecule has 0 aliphatic carbocycles. The highest BCUT2D eigenvalue weighted by atomic mass is 19.1. The lowest BCUT2D eigenvalue weighted by atomic mass is 10.1. The van der Waals surface area contributed by atoms with E-state index in [4.69, 9.17) is 9.47 Å². The van der Waals surface area contributed by atoms with Crippen molar-refractivity contribution in [2.45, 2.75) is 0 Å². The van der Waals surface area contributed by atoms with Crippen molar-refractivity contribution >= 4 is 32.6 Å². The van der Waals surface area contributed by atoms with Crippen molar-refractivity contribution < 1.29 is 13.9 Å². The minimum absolute atomic E-state index is 0.205. The molecule has 3 heterocycles. The molecule has 5 nitrogen and oxygen atoms in total. The molecule has 2 aromatic heterocycles. The number of nitrogens with zero attached hydrogens (tertiary/aromatic N) is 3. The zero-order chi connectivity index (χ0) is 19.1. The minimum Gasteiger partial charge on any atom is -0.492 e. The molecule has 0 bridgehead atoms. The minimum atomic E-state index is -0.205. The average Bonchev–Trinajstić information content (AvgIpc) is 3.01. The fraction of sp³-hybridized carbons (Fsp3) is 0.318. The molecule has 5 rings (SSSR count). The van der Waals surface area contributed by atoms with E-state index in [-0.39, 0.29) is 5.82 Å². The van der Waals surface area contributed by atoms with Gasteiger partial charge in [0.2, 0.25) is 0 Å². The van der Waals surface area contributed by atoms with Gasteiger partial charge in [0, 0.05) is 66.1 Å². The van der Waals surface area contributed by atoms with E-state index >= 15 is 4.39 Å². The van der Waals surface area contributed by atoms with Crippen LogP contribution in [0.3, 0.4) is 0 Å². The Morgan fingerprint density at radius 1 is 1.11 bits per heavy atom. The third kappa shape index (κ3) is 2.89. The van der Waals surface area contributed by atoms with Gasteiger partial charge >= 0.3 is 0 Å². The van der Waals surface area contributed by atoms with Crippen molar-refractivity contribution in [2.75, 3.05) is 39.5 Å². The summed E-state index contributed by atoms with van der Waals surface area (Å²) >= 11 is 0. The van der Waals surface area contributed by atoms with Crippen molar-refractivity contribution in [1.29, 1.82) is 0 Å². The van der Waals surface area contributed by atoms with Crippen molar-refractivity contribution in [3.63, 3.8) is 0 Å². The number of hydrogen-bond acceptors (Lipinski definition) is 4. The fourth-order valence-corrected chi connectivity index (χ4v) is 4.08. The van der Waals surface area contributed by atoms with Crippen LogP contribution in [-0.4, -0.2) is 53.9 Å². The summed E-state index contributed by atoms with van der Waals surface area (Å²) in [7, 11) is 1.90. The lowest BCUT2D eigenvalue weighted by Gasteiger charge is -2.26. The second kappa shape index (κ2) is 7.04. The fourth-order valence-electron chi connectivity index (χ4n) is 4.08. The van der Waals surface area contributed by atoms with Crippen LogP contribution < -0.4 is 4.74 Å². The van der Waals surface area contributed by atoms with Gasteiger partial charge in [-0.1, -0.05) is 0 Å². The first-order chi connectivity index (χ1) is 13.7. The van der Waals surface area contributed by atoms with Gasteiger partial charge in [0.1, 0.15) is 12.4 Å². The van der Waals surface area contributed by atoms with Crippen LogP contribution in [0.5, 0.6) is 5.75 Å². The number of fused-ring (bicyclic) bond motifs is 4. The van der Waals surface area contributed by atoms with E-state index in [9.17, 15) is 0 Å². The van der Waals surface area contributed by atoms with Gasteiger partial charge in [-0.15, -0.1) is 0 Å². The number of hydrogen-bond donors (Lipinski definition) is 0. The van der Waals surface area contributed by atoms with Crippen LogP contribution in [0.15, 0.2) is 42.7 Å². The highest BCUT2D eigenvalue weighted by Gasteiger charge is 2.16. The molecule has 28 heavy (non-hydrogen) atoms. The number of aryl methyl sites for hydroxylation is 1. The van der Waals surface area contributed by atoms with Crippen LogP contribution in [0.1, 0.15) is 0 Å². The number of benzene rings is 2. The third-order valence-corrected chi connectivity index (χ3v) is 5.59. The summed E-state index contributed by atoms with van der Waals surface area (Å²) in [5.74, 6) is 0.600. The maximum atomic E-state index is 15.2. The molecule has 144 valence electrons. The lowest BCUT2D eigenvalue weighted by Crippen LogP contribution is -2.38. The molecule has 4 aromatic rings. The standard InChI is InChI=1S/C22H22FN3O2/c1-25-20-3-2-16(28-11-8-26-6-9-27-10-7-26)13-18(20)19-12-15-14-24-5-4-17(15)21(23)22(19)25/h2-5,12-14H,6-11H2,1H3. The van der Waals surface area contributed by atoms with E-state index < -0.39 is 0 Å². The Labute approximate surface area is 162 Å². The first kappa shape index (κ1) is 17.4. The van der Waals surface area contributed by atoms with Gasteiger partial charge in [0.05, 0.1) is 18.7 Å². The number of morpholine rings is 1. The average molecular weight is 379 g/mol. The maximum absolute atomic E-state index is 15.2. The Bertz CT molecular complexity index is 1170. The molecule has 0 saturated carbocycles. The highest BCUT2D eigenvalue weighted by molar-refractivity contribution is 6.13. The normalized spacial score (nSPS) is 15.6. The third-order valence-electron chi connectivity index (χ3n) is 5.59. The lowest BCUT2D eigenvalue weighted by molar-refractivity contribution is 0.0322. The zero-order valence-corrected chi connectivity index (χ0v) is 15.8. The maximum Gasteiger partial charge on any atom is 0.155 e. The molecule has 2 aromatic carbocycles. The second-order valence-corrected chi connectivity index (χ2v) is 7.22. The van der Waals surface area contributed by atoms with Crippen LogP contribution in [0, 0.1) is 5.82 Å². The van der Waals surface area contributed by atoms with Crippen LogP contribution in [0.25, 0.3) is 32.6 Å². The summed E-state index contributed by atoms with van der Waals surface area (Å²) in [5, 5.41) is 3.27. The van der Waals surface area contributed by atoms with Crippen LogP contribution in [-0.2, 0) is 11.8 Å². The van der Waals surface area contributed by atoms with Crippen molar-refractivity contribution in [2.24, 2.45) is 7.05 Å². The summed E-state index contributed by atoms with van der Waals surface area (Å²) in [6.07, 6.45) is 3.33. The molecule has 1 fully saturated rings. The number of rotatable bonds is 4. The molecular weight excluding hydrogens is 357 g/mol. The van der Waals surface area contributed by atoms with Crippen molar-refractivity contribution in [1.82, 2.24) is 14.5 Å². The largest absolute Gasteiger partial charge is 0.492 e. The summed E-state index contributed by atoms with van der Waals surface area (Å²) < 4.78 is 28.5. The van der Waals surface area contributed by atoms with Gasteiger partial charge in [0.25, 0.3) is 0 Å². The summed E-state index contributed by atoms with van der Waals surface area (Å²) in [6.45, 7) is 4.98. The molecule has 1 aliphatic rings. The van der Waals surface area contributed by atoms with Gasteiger partial charge in [-0.3, -0.25) is 9.88 Å². The van der Waals surface area contributed by atoms with E-state index in [2.05, 4.69) is 9.88 Å². The summed E-state index contributed by atoms with van der Waals surface area (Å²) in [6, 6.07) is 9.71. The molecule has 1 saturated heterocycles. The smallest absolute Gasteiger partial charge is 0.155 e. The van der Waals surface area contributed by atoms with E-state index in [0.29, 0.717) is 17.5 Å². The number of halogens is 1. The van der Waals surface area contributed by atoms with Gasteiger partial charge in [-0.25, -0.2) is 4.39 Å². The second-order valence-electron chi connectivity index (χ2n) is 7.22. The van der Waals surface area contributed by atoms with Crippen molar-refractivity contribution in [3.8, 4) is 5.75 Å². The quantitative estimate of drug-likeness (QED) is 0.542. The van der Waals surface area contributed by atoms with E-state index in [1.165, 1.54) is 0 Å². The first-order valence-electron chi connectivity index (χ1n) is 9.59. The molecule has 6 heteroatoms. The molecule has 0 N–H and O–H groups in total. The Kier molecular flexibility index (Phi) is 4.37. The Morgan fingerprint density at radius 2 is 1.96 bits per heavy atom. The predicted molar refractivity (Wildman–Crippen MR) is 108 cm³/mol. The topological polar surface area (TPSA) is 39.5 Å². The van der Waals surface area contributed by atoms with Crippen molar-refractivity contribution in [3.05, 3.63) is 48.5 Å². The Balaban J connectivity index is 1.50. The van der Waals surface area contributed by atoms with Crippen LogP contribution >= 0.6 is 0 Å². The van der Waals surface area contributed by atoms with E-state index in [1.54, 1.807) is 18.5 Å². The van der Waals surface area contributed by atoms with Gasteiger partial charge in [-0.05, 0) is 30.3 Å². The molecule has 1 aliphatic heterocycles. The Morgan fingerprint density at radius 3 is 2.82 bits per heavy atom. The van der Waals surface area contributed by atoms with Gasteiger partial charge in [0.15, 0.2) is 5.82 Å². The molecule has 0 unspecified atom stereocenters. The zero-order valence-electron chi connectivity index (χ0n) is 15.8. The molecule has 0 spiro atoms. The van der Waals surface area contributed by atoms with Gasteiger partial charge < -0.3 is 14.0 Å². The van der Waals surface area contributed by atoms with Gasteiger partial charge in [-0.2, -0.15) is 0 Å². The van der Waals surface area contributed by atoms with Crippen LogP contribution in [0.4, 0.5) is 4.39 Å². The summed E-state index contributed by atoms with van der Waals surface area (Å²) in [5.41, 5.74) is 1.59. The molecule has 0 radical (unpaired) electrons. The number of ether oxygens (including phenoxy) is 2. The molecule has 0 amide bonds. The Hall–Kier alpha value is -2.70. The SMILES string of the molecule is Cn1c2ccc(OCCN3CCOCC3)cc2c2cc3cnccc3c(F)c21. The van der Waals surface area contributed by atoms with E-state index in [1.807, 2.05) is 35.9 Å². The highest BCUT2D eigenvalue weighted by Crippen LogP contribution is 2.35. The monoisotopic (exact) mass is 379 g/mol.